The summed E-state index contributed by atoms with van der Waals surface area (Å²) in [6, 6.07) is 15.0. The molecule has 2 aliphatic rings. The molecular formula is C21H20FNO5. The van der Waals surface area contributed by atoms with Crippen molar-refractivity contribution in [3.05, 3.63) is 77.6 Å². The van der Waals surface area contributed by atoms with Crippen molar-refractivity contribution in [1.29, 1.82) is 0 Å². The smallest absolute Gasteiger partial charge is 0.328 e. The van der Waals surface area contributed by atoms with Crippen LogP contribution in [0.3, 0.4) is 0 Å². The molecule has 146 valence electrons. The molecule has 2 aliphatic heterocycles. The minimum Gasteiger partial charge on any atom is -0.482 e. The largest absolute Gasteiger partial charge is 0.482 e. The van der Waals surface area contributed by atoms with Crippen LogP contribution in [0, 0.1) is 5.82 Å². The second-order valence-corrected chi connectivity index (χ2v) is 6.56. The number of carboxylic acid groups (broad SMARTS) is 2. The van der Waals surface area contributed by atoms with Gasteiger partial charge in [-0.15, -0.1) is 0 Å². The maximum absolute atomic E-state index is 13.6. The standard InChI is InChI=1S/C17H16FNO.C4H4O4/c18-13-5-3-4-12(10-13)17-8-9-19-11-15(17)14-6-1-2-7-16(14)20-17;5-3(6)1-2-4(7)8/h1-7,10,15,19H,8-9,11H2;1-2H,(H,5,6)(H,7,8)/t15-,17+;/m1./s1. The van der Waals surface area contributed by atoms with E-state index in [0.717, 1.165) is 30.8 Å². The SMILES string of the molecule is Fc1cccc([C@@]23CCNC[C@@H]2c2ccccc2O3)c1.O=C(O)C=CC(=O)O. The van der Waals surface area contributed by atoms with Crippen molar-refractivity contribution in [2.75, 3.05) is 13.1 Å². The first-order chi connectivity index (χ1) is 13.4. The van der Waals surface area contributed by atoms with Crippen molar-refractivity contribution >= 4 is 11.9 Å². The molecule has 0 bridgehead atoms. The van der Waals surface area contributed by atoms with Crippen LogP contribution in [0.4, 0.5) is 4.39 Å². The highest BCUT2D eigenvalue weighted by atomic mass is 19.1. The number of carboxylic acids is 2. The van der Waals surface area contributed by atoms with Gasteiger partial charge in [0.05, 0.1) is 0 Å². The lowest BCUT2D eigenvalue weighted by molar-refractivity contribution is -0.134. The zero-order valence-electron chi connectivity index (χ0n) is 15.0. The summed E-state index contributed by atoms with van der Waals surface area (Å²) in [5, 5.41) is 19.1. The lowest BCUT2D eigenvalue weighted by Crippen LogP contribution is -2.47. The predicted molar refractivity (Wildman–Crippen MR) is 99.8 cm³/mol. The average Bonchev–Trinajstić information content (AvgIpc) is 3.03. The maximum Gasteiger partial charge on any atom is 0.328 e. The Hall–Kier alpha value is -3.19. The molecule has 6 nitrogen and oxygen atoms in total. The van der Waals surface area contributed by atoms with E-state index >= 15 is 0 Å². The van der Waals surface area contributed by atoms with Gasteiger partial charge in [0, 0.05) is 36.6 Å². The van der Waals surface area contributed by atoms with E-state index in [4.69, 9.17) is 14.9 Å². The normalized spacial score (nSPS) is 22.4. The summed E-state index contributed by atoms with van der Waals surface area (Å²) in [5.41, 5.74) is 1.75. The van der Waals surface area contributed by atoms with E-state index in [0.29, 0.717) is 12.2 Å². The number of benzene rings is 2. The molecule has 0 radical (unpaired) electrons. The fraction of sp³-hybridized carbons (Fsp3) is 0.238. The van der Waals surface area contributed by atoms with Crippen LogP contribution in [0.25, 0.3) is 0 Å². The number of rotatable bonds is 3. The van der Waals surface area contributed by atoms with Crippen molar-refractivity contribution in [3.8, 4) is 5.75 Å². The Morgan fingerprint density at radius 1 is 1.11 bits per heavy atom. The summed E-state index contributed by atoms with van der Waals surface area (Å²) in [6.45, 7) is 1.76. The quantitative estimate of drug-likeness (QED) is 0.703. The van der Waals surface area contributed by atoms with Crippen LogP contribution in [0.1, 0.15) is 23.5 Å². The number of para-hydroxylation sites is 1. The number of fused-ring (bicyclic) bond motifs is 3. The van der Waals surface area contributed by atoms with Gasteiger partial charge in [-0.3, -0.25) is 0 Å². The minimum atomic E-state index is -1.26. The van der Waals surface area contributed by atoms with Gasteiger partial charge in [-0.25, -0.2) is 14.0 Å². The highest BCUT2D eigenvalue weighted by Crippen LogP contribution is 2.53. The van der Waals surface area contributed by atoms with Gasteiger partial charge < -0.3 is 20.3 Å². The van der Waals surface area contributed by atoms with E-state index in [-0.39, 0.29) is 11.7 Å². The number of carbonyl (C=O) groups is 2. The van der Waals surface area contributed by atoms with Crippen LogP contribution in [0.2, 0.25) is 0 Å². The number of hydrogen-bond donors (Lipinski definition) is 3. The first kappa shape index (κ1) is 19.6. The number of aliphatic carboxylic acids is 2. The molecular weight excluding hydrogens is 365 g/mol. The number of halogens is 1. The van der Waals surface area contributed by atoms with E-state index < -0.39 is 17.5 Å². The molecule has 7 heteroatoms. The predicted octanol–water partition coefficient (Wildman–Crippen LogP) is 2.90. The molecule has 1 saturated heterocycles. The van der Waals surface area contributed by atoms with Crippen LogP contribution >= 0.6 is 0 Å². The van der Waals surface area contributed by atoms with Crippen molar-refractivity contribution < 1.29 is 28.9 Å². The molecule has 0 unspecified atom stereocenters. The Morgan fingerprint density at radius 2 is 1.82 bits per heavy atom. The Balaban J connectivity index is 0.000000242. The third-order valence-corrected chi connectivity index (χ3v) is 4.85. The molecule has 0 aliphatic carbocycles. The van der Waals surface area contributed by atoms with E-state index in [1.807, 2.05) is 24.3 Å². The van der Waals surface area contributed by atoms with Crippen LogP contribution in [0.5, 0.6) is 5.75 Å². The fourth-order valence-corrected chi connectivity index (χ4v) is 3.70. The van der Waals surface area contributed by atoms with Crippen molar-refractivity contribution in [1.82, 2.24) is 5.32 Å². The maximum atomic E-state index is 13.6. The first-order valence-corrected chi connectivity index (χ1v) is 8.81. The monoisotopic (exact) mass is 385 g/mol. The van der Waals surface area contributed by atoms with Gasteiger partial charge >= 0.3 is 11.9 Å². The molecule has 2 heterocycles. The summed E-state index contributed by atoms with van der Waals surface area (Å²) < 4.78 is 20.0. The van der Waals surface area contributed by atoms with Crippen LogP contribution < -0.4 is 10.1 Å². The van der Waals surface area contributed by atoms with Crippen LogP contribution in [0.15, 0.2) is 60.7 Å². The van der Waals surface area contributed by atoms with Crippen LogP contribution in [-0.2, 0) is 15.2 Å². The van der Waals surface area contributed by atoms with Gasteiger partial charge in [0.2, 0.25) is 0 Å². The van der Waals surface area contributed by atoms with E-state index in [9.17, 15) is 14.0 Å². The minimum absolute atomic E-state index is 0.200. The molecule has 0 aromatic heterocycles. The third kappa shape index (κ3) is 4.04. The second kappa shape index (κ2) is 8.22. The van der Waals surface area contributed by atoms with Crippen molar-refractivity contribution in [2.45, 2.75) is 17.9 Å². The number of hydrogen-bond acceptors (Lipinski definition) is 4. The molecule has 0 saturated carbocycles. The average molecular weight is 385 g/mol. The lowest BCUT2D eigenvalue weighted by Gasteiger charge is -2.39. The fourth-order valence-electron chi connectivity index (χ4n) is 3.70. The Morgan fingerprint density at radius 3 is 2.50 bits per heavy atom. The first-order valence-electron chi connectivity index (χ1n) is 8.81. The van der Waals surface area contributed by atoms with E-state index in [1.165, 1.54) is 11.6 Å². The van der Waals surface area contributed by atoms with Crippen molar-refractivity contribution in [2.24, 2.45) is 0 Å². The topological polar surface area (TPSA) is 95.9 Å². The molecule has 0 spiro atoms. The summed E-state index contributed by atoms with van der Waals surface area (Å²) >= 11 is 0. The zero-order chi connectivity index (χ0) is 20.1. The molecule has 4 rings (SSSR count). The summed E-state index contributed by atoms with van der Waals surface area (Å²) in [5.74, 6) is -1.53. The molecule has 1 fully saturated rings. The van der Waals surface area contributed by atoms with Gasteiger partial charge in [0.25, 0.3) is 0 Å². The summed E-state index contributed by atoms with van der Waals surface area (Å²) in [6.07, 6.45) is 1.97. The molecule has 2 atom stereocenters. The summed E-state index contributed by atoms with van der Waals surface area (Å²) in [7, 11) is 0. The van der Waals surface area contributed by atoms with E-state index in [2.05, 4.69) is 11.4 Å². The molecule has 2 aromatic rings. The van der Waals surface area contributed by atoms with Crippen LogP contribution in [-0.4, -0.2) is 35.2 Å². The second-order valence-electron chi connectivity index (χ2n) is 6.56. The Bertz CT molecular complexity index is 897. The number of piperidine rings is 1. The Kier molecular flexibility index (Phi) is 5.75. The van der Waals surface area contributed by atoms with Gasteiger partial charge in [0.15, 0.2) is 0 Å². The lowest BCUT2D eigenvalue weighted by atomic mass is 9.75. The zero-order valence-corrected chi connectivity index (χ0v) is 15.0. The molecule has 2 aromatic carbocycles. The van der Waals surface area contributed by atoms with Gasteiger partial charge in [-0.1, -0.05) is 30.3 Å². The van der Waals surface area contributed by atoms with Gasteiger partial charge in [-0.05, 0) is 30.3 Å². The third-order valence-electron chi connectivity index (χ3n) is 4.85. The highest BCUT2D eigenvalue weighted by molar-refractivity contribution is 5.89. The van der Waals surface area contributed by atoms with E-state index in [1.54, 1.807) is 12.1 Å². The molecule has 28 heavy (non-hydrogen) atoms. The Labute approximate surface area is 161 Å². The molecule has 0 amide bonds. The number of ether oxygens (including phenoxy) is 1. The van der Waals surface area contributed by atoms with Crippen molar-refractivity contribution in [3.63, 3.8) is 0 Å². The highest BCUT2D eigenvalue weighted by Gasteiger charge is 2.50. The van der Waals surface area contributed by atoms with Gasteiger partial charge in [-0.2, -0.15) is 0 Å². The van der Waals surface area contributed by atoms with Gasteiger partial charge in [0.1, 0.15) is 17.2 Å². The number of nitrogens with one attached hydrogen (secondary N) is 1. The molecule has 3 N–H and O–H groups in total. The summed E-state index contributed by atoms with van der Waals surface area (Å²) in [4.78, 5) is 19.1.